The van der Waals surface area contributed by atoms with Gasteiger partial charge in [0.15, 0.2) is 11.5 Å². The number of imidazole rings is 1. The van der Waals surface area contributed by atoms with Crippen LogP contribution in [0.15, 0.2) is 61.8 Å². The fourth-order valence-electron chi connectivity index (χ4n) is 5.74. The van der Waals surface area contributed by atoms with Crippen molar-refractivity contribution < 1.29 is 13.9 Å². The van der Waals surface area contributed by atoms with Crippen LogP contribution in [0.3, 0.4) is 0 Å². The Hall–Kier alpha value is -4.84. The molecule has 0 unspecified atom stereocenters. The van der Waals surface area contributed by atoms with Crippen LogP contribution in [0.5, 0.6) is 11.5 Å². The number of hydrogen-bond acceptors (Lipinski definition) is 9. The van der Waals surface area contributed by atoms with Gasteiger partial charge in [0.1, 0.15) is 40.5 Å². The zero-order chi connectivity index (χ0) is 29.0. The lowest BCUT2D eigenvalue weighted by Crippen LogP contribution is -2.43. The molecule has 0 aliphatic carbocycles. The highest BCUT2D eigenvalue weighted by atomic mass is 35.5. The molecule has 0 radical (unpaired) electrons. The number of pyridine rings is 2. The molecule has 42 heavy (non-hydrogen) atoms. The van der Waals surface area contributed by atoms with E-state index in [-0.39, 0.29) is 34.5 Å². The topological polar surface area (TPSA) is 114 Å². The van der Waals surface area contributed by atoms with Crippen molar-refractivity contribution in [2.45, 2.75) is 24.9 Å². The Bertz CT molecular complexity index is 1880. The van der Waals surface area contributed by atoms with Gasteiger partial charge in [0, 0.05) is 38.3 Å². The van der Waals surface area contributed by atoms with Crippen LogP contribution in [0.4, 0.5) is 21.7 Å². The molecule has 4 aromatic heterocycles. The number of nitrogens with zero attached hydrogens (tertiary/aromatic N) is 8. The summed E-state index contributed by atoms with van der Waals surface area (Å²) in [5, 5.41) is 3.22. The van der Waals surface area contributed by atoms with Crippen LogP contribution in [0.1, 0.15) is 12.8 Å². The van der Waals surface area contributed by atoms with E-state index in [4.69, 9.17) is 21.3 Å². The average molecular weight is 586 g/mol. The van der Waals surface area contributed by atoms with Crippen LogP contribution in [-0.4, -0.2) is 65.5 Å². The molecule has 0 saturated carbocycles. The quantitative estimate of drug-likeness (QED) is 0.275. The van der Waals surface area contributed by atoms with Gasteiger partial charge in [-0.05, 0) is 37.1 Å². The molecule has 2 bridgehead atoms. The maximum atomic E-state index is 15.3. The van der Waals surface area contributed by atoms with Gasteiger partial charge in [-0.1, -0.05) is 18.2 Å². The van der Waals surface area contributed by atoms with E-state index in [1.54, 1.807) is 17.0 Å². The summed E-state index contributed by atoms with van der Waals surface area (Å²) < 4.78 is 23.0. The maximum Gasteiger partial charge on any atom is 0.246 e. The molecule has 2 fully saturated rings. The first kappa shape index (κ1) is 26.1. The van der Waals surface area contributed by atoms with Gasteiger partial charge in [0.05, 0.1) is 34.8 Å². The third-order valence-corrected chi connectivity index (χ3v) is 8.08. The predicted molar refractivity (Wildman–Crippen MR) is 157 cm³/mol. The second kappa shape index (κ2) is 10.2. The van der Waals surface area contributed by atoms with Crippen molar-refractivity contribution in [2.24, 2.45) is 7.05 Å². The second-order valence-corrected chi connectivity index (χ2v) is 10.7. The lowest BCUT2D eigenvalue weighted by molar-refractivity contribution is -0.128. The van der Waals surface area contributed by atoms with Gasteiger partial charge in [-0.2, -0.15) is 0 Å². The molecule has 2 aliphatic rings. The molecule has 5 aromatic rings. The number of hydrogen-bond donors (Lipinski definition) is 1. The summed E-state index contributed by atoms with van der Waals surface area (Å²) in [4.78, 5) is 38.6. The number of aryl methyl sites for hydroxylation is 1. The second-order valence-electron chi connectivity index (χ2n) is 10.3. The Morgan fingerprint density at radius 3 is 2.90 bits per heavy atom. The molecule has 2 saturated heterocycles. The van der Waals surface area contributed by atoms with Crippen molar-refractivity contribution in [3.63, 3.8) is 0 Å². The van der Waals surface area contributed by atoms with Crippen LogP contribution in [0.25, 0.3) is 22.2 Å². The fourth-order valence-corrected chi connectivity index (χ4v) is 5.94. The zero-order valence-corrected chi connectivity index (χ0v) is 23.3. The summed E-state index contributed by atoms with van der Waals surface area (Å²) in [7, 11) is 1.84. The molecule has 1 N–H and O–H groups in total. The first-order valence-electron chi connectivity index (χ1n) is 13.4. The molecular formula is C29H25ClFN9O2. The molecule has 13 heteroatoms. The lowest BCUT2D eigenvalue weighted by Gasteiger charge is -2.31. The van der Waals surface area contributed by atoms with Gasteiger partial charge in [0.2, 0.25) is 5.91 Å². The molecule has 11 nitrogen and oxygen atoms in total. The van der Waals surface area contributed by atoms with E-state index in [1.165, 1.54) is 30.7 Å². The van der Waals surface area contributed by atoms with E-state index in [9.17, 15) is 4.79 Å². The van der Waals surface area contributed by atoms with Gasteiger partial charge >= 0.3 is 0 Å². The number of fused-ring (bicyclic) bond motifs is 4. The van der Waals surface area contributed by atoms with Crippen LogP contribution in [0, 0.1) is 5.82 Å². The summed E-state index contributed by atoms with van der Waals surface area (Å²) in [6.45, 7) is 5.00. The minimum atomic E-state index is -0.593. The normalized spacial score (nSPS) is 18.1. The van der Waals surface area contributed by atoms with Crippen molar-refractivity contribution >= 4 is 57.0 Å². The third kappa shape index (κ3) is 4.53. The highest BCUT2D eigenvalue weighted by Crippen LogP contribution is 2.37. The summed E-state index contributed by atoms with van der Waals surface area (Å²) >= 11 is 6.50. The summed E-state index contributed by atoms with van der Waals surface area (Å²) in [6, 6.07) is 8.51. The van der Waals surface area contributed by atoms with Crippen LogP contribution < -0.4 is 15.0 Å². The number of anilines is 3. The Labute approximate surface area is 244 Å². The van der Waals surface area contributed by atoms with Gasteiger partial charge in [-0.25, -0.2) is 29.3 Å². The van der Waals surface area contributed by atoms with Crippen LogP contribution >= 0.6 is 11.6 Å². The number of halogens is 2. The van der Waals surface area contributed by atoms with E-state index in [2.05, 4.69) is 36.7 Å². The average Bonchev–Trinajstić information content (AvgIpc) is 3.53. The number of nitrogens with one attached hydrogen (secondary N) is 1. The number of rotatable bonds is 6. The SMILES string of the molecule is C=CC(=O)N1CC[C@@H]2C[C@H]1CN2c1ccc2ncnc(Nc3cc(Cl)c(Oc4cnc5c(c4)ncn5C)cc3F)c2n1. The Morgan fingerprint density at radius 1 is 1.17 bits per heavy atom. The van der Waals surface area contributed by atoms with Crippen molar-refractivity contribution in [1.29, 1.82) is 0 Å². The standard InChI is InChI=1S/C29H25ClFN9O2/c1-3-26(41)39-7-6-16-8-17(39)13-40(16)25-5-4-21-27(37-25)28(34-14-33-21)36-22-10-19(30)24(11-20(22)31)42-18-9-23-29(32-12-18)38(2)15-35-23/h3-5,9-12,14-17H,1,6-8,13H2,2H3,(H,33,34,36)/t16-,17+/m1/s1. The number of likely N-dealkylation sites (tertiary alicyclic amines) is 1. The number of carbonyl (C=O) groups excluding carboxylic acids is 1. The fraction of sp³-hybridized carbons (Fsp3) is 0.241. The van der Waals surface area contributed by atoms with E-state index >= 15 is 4.39 Å². The number of benzene rings is 1. The molecule has 1 aromatic carbocycles. The number of amides is 1. The van der Waals surface area contributed by atoms with Crippen LogP contribution in [0.2, 0.25) is 5.02 Å². The Morgan fingerprint density at radius 2 is 2.05 bits per heavy atom. The third-order valence-electron chi connectivity index (χ3n) is 7.78. The minimum Gasteiger partial charge on any atom is -0.454 e. The smallest absolute Gasteiger partial charge is 0.246 e. The van der Waals surface area contributed by atoms with E-state index < -0.39 is 5.82 Å². The van der Waals surface area contributed by atoms with Crippen LogP contribution in [-0.2, 0) is 11.8 Å². The molecule has 212 valence electrons. The number of aromatic nitrogens is 6. The molecular weight excluding hydrogens is 561 g/mol. The number of carbonyl (C=O) groups is 1. The van der Waals surface area contributed by atoms with Crippen molar-refractivity contribution in [2.75, 3.05) is 23.3 Å². The largest absolute Gasteiger partial charge is 0.454 e. The highest BCUT2D eigenvalue weighted by molar-refractivity contribution is 6.32. The first-order chi connectivity index (χ1) is 20.4. The van der Waals surface area contributed by atoms with Gasteiger partial charge in [-0.15, -0.1) is 0 Å². The van der Waals surface area contributed by atoms with E-state index in [0.29, 0.717) is 46.9 Å². The number of ether oxygens (including phenoxy) is 1. The van der Waals surface area contributed by atoms with Gasteiger partial charge in [0.25, 0.3) is 0 Å². The molecule has 6 heterocycles. The first-order valence-corrected chi connectivity index (χ1v) is 13.8. The maximum absolute atomic E-state index is 15.3. The summed E-state index contributed by atoms with van der Waals surface area (Å²) in [5.41, 5.74) is 2.54. The Kier molecular flexibility index (Phi) is 6.34. The van der Waals surface area contributed by atoms with E-state index in [1.807, 2.05) is 24.1 Å². The number of piperidine rings is 1. The minimum absolute atomic E-state index is 0.0466. The summed E-state index contributed by atoms with van der Waals surface area (Å²) in [5.74, 6) is 0.959. The predicted octanol–water partition coefficient (Wildman–Crippen LogP) is 5.00. The van der Waals surface area contributed by atoms with Gasteiger partial charge in [-0.3, -0.25) is 4.79 Å². The van der Waals surface area contributed by atoms with Crippen molar-refractivity contribution in [3.05, 3.63) is 72.7 Å². The molecule has 7 rings (SSSR count). The van der Waals surface area contributed by atoms with E-state index in [0.717, 1.165) is 18.7 Å². The van der Waals surface area contributed by atoms with Crippen molar-refractivity contribution in [1.82, 2.24) is 34.4 Å². The zero-order valence-electron chi connectivity index (χ0n) is 22.5. The molecule has 2 aliphatic heterocycles. The lowest BCUT2D eigenvalue weighted by atomic mass is 10.0. The molecule has 1 amide bonds. The van der Waals surface area contributed by atoms with Crippen molar-refractivity contribution in [3.8, 4) is 11.5 Å². The Balaban J connectivity index is 1.15. The molecule has 0 spiro atoms. The monoisotopic (exact) mass is 585 g/mol. The highest BCUT2D eigenvalue weighted by Gasteiger charge is 2.41. The summed E-state index contributed by atoms with van der Waals surface area (Å²) in [6.07, 6.45) is 7.67. The van der Waals surface area contributed by atoms with Gasteiger partial charge < -0.3 is 24.4 Å². The molecule has 2 atom stereocenters.